The highest BCUT2D eigenvalue weighted by molar-refractivity contribution is 6.30. The Morgan fingerprint density at radius 1 is 0.929 bits per heavy atom. The van der Waals surface area contributed by atoms with Crippen LogP contribution in [0.4, 0.5) is 0 Å². The highest BCUT2D eigenvalue weighted by Gasteiger charge is 2.26. The molecule has 7 heteroatoms. The van der Waals surface area contributed by atoms with Gasteiger partial charge < -0.3 is 4.74 Å². The largest absolute Gasteiger partial charge is 0.379 e. The summed E-state index contributed by atoms with van der Waals surface area (Å²) < 4.78 is 5.60. The van der Waals surface area contributed by atoms with E-state index in [0.717, 1.165) is 37.7 Å². The molecule has 1 atom stereocenters. The van der Waals surface area contributed by atoms with Crippen molar-refractivity contribution >= 4 is 11.6 Å². The summed E-state index contributed by atoms with van der Waals surface area (Å²) in [6.45, 7) is 6.93. The number of nitrogens with two attached hydrogens (primary N) is 1. The predicted molar refractivity (Wildman–Crippen MR) is 112 cm³/mol. The van der Waals surface area contributed by atoms with Crippen LogP contribution in [0, 0.1) is 0 Å². The molecule has 0 spiro atoms. The number of halogens is 1. The molecule has 3 N–H and O–H groups in total. The summed E-state index contributed by atoms with van der Waals surface area (Å²) >= 11 is 6.11. The SMILES string of the molecule is NONCCOCCN1CCN(C(c2ccccc2)c2ccc(Cl)cc2)CC1. The Labute approximate surface area is 172 Å². The van der Waals surface area contributed by atoms with Crippen LogP contribution in [0.25, 0.3) is 0 Å². The number of hydrogen-bond acceptors (Lipinski definition) is 6. The molecular weight excluding hydrogens is 376 g/mol. The van der Waals surface area contributed by atoms with Crippen molar-refractivity contribution in [2.45, 2.75) is 6.04 Å². The quantitative estimate of drug-likeness (QED) is 0.468. The lowest BCUT2D eigenvalue weighted by molar-refractivity contribution is 0.0139. The van der Waals surface area contributed by atoms with E-state index in [1.807, 2.05) is 12.1 Å². The molecular formula is C21H29ClN4O2. The lowest BCUT2D eigenvalue weighted by Crippen LogP contribution is -2.48. The second-order valence-corrected chi connectivity index (χ2v) is 7.30. The van der Waals surface area contributed by atoms with Crippen molar-refractivity contribution in [1.29, 1.82) is 0 Å². The number of hydroxylamine groups is 1. The van der Waals surface area contributed by atoms with Gasteiger partial charge >= 0.3 is 0 Å². The number of benzene rings is 2. The fourth-order valence-electron chi connectivity index (χ4n) is 3.61. The Balaban J connectivity index is 1.55. The van der Waals surface area contributed by atoms with Crippen molar-refractivity contribution < 1.29 is 9.68 Å². The number of ether oxygens (including phenoxy) is 1. The van der Waals surface area contributed by atoms with Crippen molar-refractivity contribution in [2.75, 3.05) is 52.5 Å². The molecule has 28 heavy (non-hydrogen) atoms. The number of nitrogens with zero attached hydrogens (tertiary/aromatic N) is 2. The molecule has 152 valence electrons. The van der Waals surface area contributed by atoms with Crippen molar-refractivity contribution in [3.63, 3.8) is 0 Å². The standard InChI is InChI=1S/C21H29ClN4O2/c22-20-8-6-19(7-9-20)21(18-4-2-1-3-5-18)26-13-11-25(12-14-26)15-17-27-16-10-24-28-23/h1-9,21,24H,10-17,23H2. The van der Waals surface area contributed by atoms with Crippen LogP contribution in [0.2, 0.25) is 5.02 Å². The normalized spacial score (nSPS) is 16.9. The maximum atomic E-state index is 6.11. The molecule has 0 radical (unpaired) electrons. The van der Waals surface area contributed by atoms with E-state index in [1.54, 1.807) is 0 Å². The maximum absolute atomic E-state index is 6.11. The highest BCUT2D eigenvalue weighted by atomic mass is 35.5. The molecule has 1 heterocycles. The summed E-state index contributed by atoms with van der Waals surface area (Å²) in [5.41, 5.74) is 5.16. The number of piperazine rings is 1. The van der Waals surface area contributed by atoms with Crippen molar-refractivity contribution in [1.82, 2.24) is 15.3 Å². The van der Waals surface area contributed by atoms with Gasteiger partial charge in [-0.05, 0) is 23.3 Å². The Hall–Kier alpha value is -1.51. The van der Waals surface area contributed by atoms with E-state index in [1.165, 1.54) is 11.1 Å². The van der Waals surface area contributed by atoms with Crippen LogP contribution < -0.4 is 11.4 Å². The fourth-order valence-corrected chi connectivity index (χ4v) is 3.73. The average Bonchev–Trinajstić information content (AvgIpc) is 2.74. The highest BCUT2D eigenvalue weighted by Crippen LogP contribution is 2.30. The molecule has 0 aromatic heterocycles. The van der Waals surface area contributed by atoms with Crippen LogP contribution in [0.1, 0.15) is 17.2 Å². The molecule has 3 rings (SSSR count). The molecule has 1 unspecified atom stereocenters. The average molecular weight is 405 g/mol. The molecule has 0 amide bonds. The first-order valence-corrected chi connectivity index (χ1v) is 10.1. The van der Waals surface area contributed by atoms with E-state index in [0.29, 0.717) is 19.8 Å². The molecule has 1 aliphatic heterocycles. The molecule has 0 bridgehead atoms. The van der Waals surface area contributed by atoms with Gasteiger partial charge in [-0.3, -0.25) is 9.80 Å². The van der Waals surface area contributed by atoms with Crippen LogP contribution in [0.15, 0.2) is 54.6 Å². The van der Waals surface area contributed by atoms with E-state index in [9.17, 15) is 0 Å². The minimum Gasteiger partial charge on any atom is -0.379 e. The van der Waals surface area contributed by atoms with Gasteiger partial charge in [-0.1, -0.05) is 54.1 Å². The Morgan fingerprint density at radius 2 is 1.61 bits per heavy atom. The Morgan fingerprint density at radius 3 is 2.29 bits per heavy atom. The van der Waals surface area contributed by atoms with E-state index in [-0.39, 0.29) is 6.04 Å². The van der Waals surface area contributed by atoms with Gasteiger partial charge in [0.05, 0.1) is 19.3 Å². The first-order chi connectivity index (χ1) is 13.8. The first-order valence-electron chi connectivity index (χ1n) is 9.71. The zero-order valence-electron chi connectivity index (χ0n) is 16.1. The van der Waals surface area contributed by atoms with E-state index in [2.05, 4.69) is 62.7 Å². The molecule has 0 saturated carbocycles. The molecule has 0 aliphatic carbocycles. The third-order valence-electron chi connectivity index (χ3n) is 5.06. The second-order valence-electron chi connectivity index (χ2n) is 6.87. The second kappa shape index (κ2) is 11.5. The van der Waals surface area contributed by atoms with Crippen LogP contribution in [0.3, 0.4) is 0 Å². The molecule has 1 aliphatic rings. The van der Waals surface area contributed by atoms with E-state index >= 15 is 0 Å². The van der Waals surface area contributed by atoms with Gasteiger partial charge in [0.2, 0.25) is 0 Å². The smallest absolute Gasteiger partial charge is 0.0615 e. The summed E-state index contributed by atoms with van der Waals surface area (Å²) in [5, 5.41) is 0.772. The van der Waals surface area contributed by atoms with Crippen molar-refractivity contribution in [3.05, 3.63) is 70.7 Å². The maximum Gasteiger partial charge on any atom is 0.0615 e. The third-order valence-corrected chi connectivity index (χ3v) is 5.31. The number of hydrogen-bond donors (Lipinski definition) is 2. The van der Waals surface area contributed by atoms with E-state index in [4.69, 9.17) is 22.2 Å². The summed E-state index contributed by atoms with van der Waals surface area (Å²) in [7, 11) is 0. The minimum absolute atomic E-state index is 0.249. The zero-order valence-corrected chi connectivity index (χ0v) is 16.9. The van der Waals surface area contributed by atoms with Gasteiger partial charge in [-0.2, -0.15) is 11.4 Å². The molecule has 1 saturated heterocycles. The van der Waals surface area contributed by atoms with Crippen LogP contribution in [-0.2, 0) is 9.68 Å². The monoisotopic (exact) mass is 404 g/mol. The van der Waals surface area contributed by atoms with Gasteiger partial charge in [-0.25, -0.2) is 4.94 Å². The van der Waals surface area contributed by atoms with Gasteiger partial charge in [-0.15, -0.1) is 0 Å². The lowest BCUT2D eigenvalue weighted by Gasteiger charge is -2.39. The Bertz CT molecular complexity index is 679. The zero-order chi connectivity index (χ0) is 19.6. The first kappa shape index (κ1) is 21.2. The number of rotatable bonds is 10. The summed E-state index contributed by atoms with van der Waals surface area (Å²) in [6.07, 6.45) is 0. The van der Waals surface area contributed by atoms with Crippen LogP contribution in [0.5, 0.6) is 0 Å². The van der Waals surface area contributed by atoms with Gasteiger partial charge in [0, 0.05) is 44.3 Å². The fraction of sp³-hybridized carbons (Fsp3) is 0.429. The van der Waals surface area contributed by atoms with Crippen LogP contribution >= 0.6 is 11.6 Å². The lowest BCUT2D eigenvalue weighted by atomic mass is 9.96. The minimum atomic E-state index is 0.249. The van der Waals surface area contributed by atoms with Gasteiger partial charge in [0.25, 0.3) is 0 Å². The van der Waals surface area contributed by atoms with Gasteiger partial charge in [0.1, 0.15) is 0 Å². The number of nitrogens with one attached hydrogen (secondary N) is 1. The van der Waals surface area contributed by atoms with Crippen LogP contribution in [-0.4, -0.2) is 62.3 Å². The van der Waals surface area contributed by atoms with E-state index < -0.39 is 0 Å². The molecule has 1 fully saturated rings. The topological polar surface area (TPSA) is 63.0 Å². The molecule has 2 aromatic carbocycles. The molecule has 2 aromatic rings. The summed E-state index contributed by atoms with van der Waals surface area (Å²) in [5.74, 6) is 4.90. The third kappa shape index (κ3) is 6.25. The molecule has 6 nitrogen and oxygen atoms in total. The van der Waals surface area contributed by atoms with Crippen molar-refractivity contribution in [2.24, 2.45) is 5.90 Å². The van der Waals surface area contributed by atoms with Crippen molar-refractivity contribution in [3.8, 4) is 0 Å². The summed E-state index contributed by atoms with van der Waals surface area (Å²) in [6, 6.07) is 19.2. The van der Waals surface area contributed by atoms with Gasteiger partial charge in [0.15, 0.2) is 0 Å². The Kier molecular flexibility index (Phi) is 8.70. The summed E-state index contributed by atoms with van der Waals surface area (Å²) in [4.78, 5) is 9.30. The predicted octanol–water partition coefficient (Wildman–Crippen LogP) is 2.46.